The van der Waals surface area contributed by atoms with Gasteiger partial charge in [0.25, 0.3) is 0 Å². The van der Waals surface area contributed by atoms with Gasteiger partial charge in [-0.1, -0.05) is 23.4 Å². The second-order valence-corrected chi connectivity index (χ2v) is 4.78. The van der Waals surface area contributed by atoms with Crippen LogP contribution in [-0.4, -0.2) is 21.0 Å². The molecule has 2 aromatic heterocycles. The Morgan fingerprint density at radius 2 is 2.00 bits per heavy atom. The molecule has 6 heteroatoms. The highest BCUT2D eigenvalue weighted by Gasteiger charge is 2.10. The van der Waals surface area contributed by atoms with Gasteiger partial charge < -0.3 is 9.84 Å². The third-order valence-electron chi connectivity index (χ3n) is 2.99. The molecule has 1 amide bonds. The van der Waals surface area contributed by atoms with Gasteiger partial charge in [0.15, 0.2) is 0 Å². The van der Waals surface area contributed by atoms with Crippen molar-refractivity contribution in [1.82, 2.24) is 15.1 Å². The molecule has 1 aromatic carbocycles. The van der Waals surface area contributed by atoms with Crippen molar-refractivity contribution in [3.63, 3.8) is 0 Å². The molecule has 0 spiro atoms. The van der Waals surface area contributed by atoms with Gasteiger partial charge in [0.2, 0.25) is 17.6 Å². The van der Waals surface area contributed by atoms with E-state index in [-0.39, 0.29) is 5.91 Å². The van der Waals surface area contributed by atoms with E-state index in [1.54, 1.807) is 6.20 Å². The molecule has 0 saturated heterocycles. The highest BCUT2D eigenvalue weighted by Crippen LogP contribution is 2.16. The Balaban J connectivity index is 1.71. The van der Waals surface area contributed by atoms with Crippen LogP contribution in [-0.2, 0) is 11.2 Å². The van der Waals surface area contributed by atoms with E-state index in [2.05, 4.69) is 20.4 Å². The van der Waals surface area contributed by atoms with Crippen molar-refractivity contribution in [3.05, 3.63) is 60.1 Å². The summed E-state index contributed by atoms with van der Waals surface area (Å²) in [7, 11) is 0. The Morgan fingerprint density at radius 3 is 2.68 bits per heavy atom. The lowest BCUT2D eigenvalue weighted by Gasteiger charge is -2.02. The number of rotatable bonds is 4. The van der Waals surface area contributed by atoms with Gasteiger partial charge in [0, 0.05) is 18.8 Å². The number of hydrogen-bond acceptors (Lipinski definition) is 5. The second kappa shape index (κ2) is 6.17. The lowest BCUT2D eigenvalue weighted by Crippen LogP contribution is -2.05. The number of aromatic nitrogens is 3. The van der Waals surface area contributed by atoms with Gasteiger partial charge in [0.05, 0.1) is 6.42 Å². The number of nitrogens with zero attached hydrogens (tertiary/aromatic N) is 3. The largest absolute Gasteiger partial charge is 0.339 e. The summed E-state index contributed by atoms with van der Waals surface area (Å²) in [4.78, 5) is 19.5. The van der Waals surface area contributed by atoms with Crippen LogP contribution in [0, 0.1) is 0 Å². The minimum Gasteiger partial charge on any atom is -0.339 e. The van der Waals surface area contributed by atoms with Gasteiger partial charge in [-0.3, -0.25) is 9.78 Å². The highest BCUT2D eigenvalue weighted by atomic mass is 16.5. The van der Waals surface area contributed by atoms with Crippen LogP contribution < -0.4 is 5.32 Å². The van der Waals surface area contributed by atoms with E-state index < -0.39 is 0 Å². The lowest BCUT2D eigenvalue weighted by atomic mass is 10.1. The molecule has 3 rings (SSSR count). The van der Waals surface area contributed by atoms with Gasteiger partial charge in [0.1, 0.15) is 5.69 Å². The molecular formula is C16H14N4O2. The molecule has 0 unspecified atom stereocenters. The maximum absolute atomic E-state index is 11.0. The maximum atomic E-state index is 11.0. The Hall–Kier alpha value is -3.02. The van der Waals surface area contributed by atoms with Crippen LogP contribution in [0.5, 0.6) is 0 Å². The molecule has 0 bridgehead atoms. The molecule has 0 aliphatic rings. The van der Waals surface area contributed by atoms with Crippen molar-refractivity contribution < 1.29 is 9.32 Å². The predicted octanol–water partition coefficient (Wildman–Crippen LogP) is 2.68. The summed E-state index contributed by atoms with van der Waals surface area (Å²) in [6, 6.07) is 13.0. The first-order valence-corrected chi connectivity index (χ1v) is 6.81. The van der Waals surface area contributed by atoms with E-state index in [9.17, 15) is 4.79 Å². The van der Waals surface area contributed by atoms with Crippen LogP contribution in [0.1, 0.15) is 18.4 Å². The third kappa shape index (κ3) is 3.35. The topological polar surface area (TPSA) is 80.9 Å². The minimum atomic E-state index is -0.0929. The van der Waals surface area contributed by atoms with Gasteiger partial charge in [-0.15, -0.1) is 0 Å². The van der Waals surface area contributed by atoms with Crippen molar-refractivity contribution in [1.29, 1.82) is 0 Å². The van der Waals surface area contributed by atoms with E-state index in [1.807, 2.05) is 42.5 Å². The summed E-state index contributed by atoms with van der Waals surface area (Å²) in [6.45, 7) is 1.48. The Labute approximate surface area is 127 Å². The highest BCUT2D eigenvalue weighted by molar-refractivity contribution is 5.88. The monoisotopic (exact) mass is 294 g/mol. The second-order valence-electron chi connectivity index (χ2n) is 4.78. The fourth-order valence-corrected chi connectivity index (χ4v) is 2.01. The SMILES string of the molecule is CC(=O)Nc1ccc(Cc2nc(-c3ccccn3)no2)cc1. The molecule has 2 heterocycles. The molecule has 0 saturated carbocycles. The van der Waals surface area contributed by atoms with E-state index in [0.29, 0.717) is 23.8 Å². The van der Waals surface area contributed by atoms with Crippen LogP contribution in [0.25, 0.3) is 11.5 Å². The summed E-state index contributed by atoms with van der Waals surface area (Å²) in [5, 5.41) is 6.66. The molecule has 1 N–H and O–H groups in total. The summed E-state index contributed by atoms with van der Waals surface area (Å²) >= 11 is 0. The quantitative estimate of drug-likeness (QED) is 0.800. The molecule has 110 valence electrons. The van der Waals surface area contributed by atoms with E-state index in [4.69, 9.17) is 4.52 Å². The normalized spacial score (nSPS) is 10.4. The summed E-state index contributed by atoms with van der Waals surface area (Å²) in [6.07, 6.45) is 2.21. The number of amides is 1. The van der Waals surface area contributed by atoms with Gasteiger partial charge in [-0.25, -0.2) is 0 Å². The average molecular weight is 294 g/mol. The summed E-state index contributed by atoms with van der Waals surface area (Å²) < 4.78 is 5.25. The number of benzene rings is 1. The molecular weight excluding hydrogens is 280 g/mol. The van der Waals surface area contributed by atoms with Crippen molar-refractivity contribution in [3.8, 4) is 11.5 Å². The molecule has 3 aromatic rings. The fraction of sp³-hybridized carbons (Fsp3) is 0.125. The van der Waals surface area contributed by atoms with Crippen molar-refractivity contribution >= 4 is 11.6 Å². The number of hydrogen-bond donors (Lipinski definition) is 1. The van der Waals surface area contributed by atoms with E-state index in [1.165, 1.54) is 6.92 Å². The van der Waals surface area contributed by atoms with Crippen LogP contribution in [0.4, 0.5) is 5.69 Å². The predicted molar refractivity (Wildman–Crippen MR) is 81.1 cm³/mol. The van der Waals surface area contributed by atoms with Gasteiger partial charge in [-0.2, -0.15) is 4.98 Å². The van der Waals surface area contributed by atoms with Crippen molar-refractivity contribution in [2.75, 3.05) is 5.32 Å². The summed E-state index contributed by atoms with van der Waals surface area (Å²) in [5.74, 6) is 0.906. The number of nitrogens with one attached hydrogen (secondary N) is 1. The fourth-order valence-electron chi connectivity index (χ4n) is 2.01. The Kier molecular flexibility index (Phi) is 3.91. The molecule has 0 aliphatic carbocycles. The van der Waals surface area contributed by atoms with Crippen LogP contribution in [0.3, 0.4) is 0 Å². The van der Waals surface area contributed by atoms with Crippen LogP contribution in [0.15, 0.2) is 53.2 Å². The average Bonchev–Trinajstić information content (AvgIpc) is 2.98. The van der Waals surface area contributed by atoms with E-state index in [0.717, 1.165) is 11.3 Å². The van der Waals surface area contributed by atoms with Crippen molar-refractivity contribution in [2.45, 2.75) is 13.3 Å². The van der Waals surface area contributed by atoms with Crippen molar-refractivity contribution in [2.24, 2.45) is 0 Å². The van der Waals surface area contributed by atoms with Crippen LogP contribution in [0.2, 0.25) is 0 Å². The first kappa shape index (κ1) is 13.9. The Morgan fingerprint density at radius 1 is 1.18 bits per heavy atom. The number of carbonyl (C=O) groups excluding carboxylic acids is 1. The summed E-state index contributed by atoms with van der Waals surface area (Å²) in [5.41, 5.74) is 2.46. The lowest BCUT2D eigenvalue weighted by molar-refractivity contribution is -0.114. The van der Waals surface area contributed by atoms with E-state index >= 15 is 0 Å². The zero-order valence-corrected chi connectivity index (χ0v) is 12.0. The molecule has 22 heavy (non-hydrogen) atoms. The first-order chi connectivity index (χ1) is 10.7. The molecule has 0 radical (unpaired) electrons. The molecule has 0 fully saturated rings. The third-order valence-corrected chi connectivity index (χ3v) is 2.99. The minimum absolute atomic E-state index is 0.0929. The zero-order valence-electron chi connectivity index (χ0n) is 12.0. The van der Waals surface area contributed by atoms with Crippen LogP contribution >= 0.6 is 0 Å². The van der Waals surface area contributed by atoms with Gasteiger partial charge in [-0.05, 0) is 29.8 Å². The molecule has 6 nitrogen and oxygen atoms in total. The number of anilines is 1. The Bertz CT molecular complexity index is 766. The first-order valence-electron chi connectivity index (χ1n) is 6.81. The molecule has 0 aliphatic heterocycles. The zero-order chi connectivity index (χ0) is 15.4. The number of pyridine rings is 1. The smallest absolute Gasteiger partial charge is 0.231 e. The molecule has 0 atom stereocenters. The number of carbonyl (C=O) groups is 1. The maximum Gasteiger partial charge on any atom is 0.231 e. The standard InChI is InChI=1S/C16H14N4O2/c1-11(21)18-13-7-5-12(6-8-13)10-15-19-16(20-22-15)14-4-2-3-9-17-14/h2-9H,10H2,1H3,(H,18,21). The van der Waals surface area contributed by atoms with Gasteiger partial charge >= 0.3 is 0 Å².